The Morgan fingerprint density at radius 1 is 0.889 bits per heavy atom. The van der Waals surface area contributed by atoms with Crippen LogP contribution in [0, 0.1) is 13.8 Å². The average molecular weight is 503 g/mol. The van der Waals surface area contributed by atoms with Gasteiger partial charge in [0.15, 0.2) is 0 Å². The lowest BCUT2D eigenvalue weighted by molar-refractivity contribution is -0.139. The van der Waals surface area contributed by atoms with Crippen LogP contribution < -0.4 is 5.32 Å². The SMILES string of the molecule is CCCCNC(=O)C(Cc1ccccc1)N(Cc1ccccc1C)C(=O)CSCc1ccc(C)cc1. The lowest BCUT2D eigenvalue weighted by Gasteiger charge is -2.32. The van der Waals surface area contributed by atoms with Crippen LogP contribution in [0.1, 0.15) is 47.6 Å². The summed E-state index contributed by atoms with van der Waals surface area (Å²) < 4.78 is 0. The third kappa shape index (κ3) is 8.56. The standard InChI is InChI=1S/C31H38N2O2S/c1-4-5-19-32-31(35)29(20-26-12-7-6-8-13-26)33(21-28-14-10-9-11-25(28)3)30(34)23-36-22-27-17-15-24(2)16-18-27/h6-18,29H,4-5,19-23H2,1-3H3,(H,32,35). The van der Waals surface area contributed by atoms with Gasteiger partial charge in [-0.05, 0) is 42.5 Å². The molecule has 5 heteroatoms. The van der Waals surface area contributed by atoms with Crippen LogP contribution in [0.3, 0.4) is 0 Å². The Morgan fingerprint density at radius 3 is 2.28 bits per heavy atom. The molecule has 0 saturated carbocycles. The molecule has 0 bridgehead atoms. The van der Waals surface area contributed by atoms with Gasteiger partial charge in [0.2, 0.25) is 11.8 Å². The first-order valence-electron chi connectivity index (χ1n) is 12.8. The van der Waals surface area contributed by atoms with Gasteiger partial charge in [-0.25, -0.2) is 0 Å². The molecular weight excluding hydrogens is 464 g/mol. The Kier molecular flexibility index (Phi) is 11.1. The molecule has 0 aliphatic heterocycles. The molecule has 3 aromatic rings. The highest BCUT2D eigenvalue weighted by molar-refractivity contribution is 7.99. The van der Waals surface area contributed by atoms with Crippen LogP contribution >= 0.6 is 11.8 Å². The number of aryl methyl sites for hydroxylation is 2. The van der Waals surface area contributed by atoms with E-state index in [0.29, 0.717) is 25.3 Å². The van der Waals surface area contributed by atoms with E-state index in [4.69, 9.17) is 0 Å². The van der Waals surface area contributed by atoms with Gasteiger partial charge in [0, 0.05) is 25.3 Å². The fraction of sp³-hybridized carbons (Fsp3) is 0.355. The minimum Gasteiger partial charge on any atom is -0.354 e. The van der Waals surface area contributed by atoms with Crippen molar-refractivity contribution in [3.8, 4) is 0 Å². The van der Waals surface area contributed by atoms with Crippen LogP contribution in [-0.2, 0) is 28.3 Å². The van der Waals surface area contributed by atoms with Crippen molar-refractivity contribution >= 4 is 23.6 Å². The number of amides is 2. The van der Waals surface area contributed by atoms with Crippen molar-refractivity contribution in [3.05, 3.63) is 107 Å². The van der Waals surface area contributed by atoms with Gasteiger partial charge in [-0.2, -0.15) is 0 Å². The van der Waals surface area contributed by atoms with Crippen LogP contribution in [0.2, 0.25) is 0 Å². The number of unbranched alkanes of at least 4 members (excludes halogenated alkanes) is 1. The van der Waals surface area contributed by atoms with E-state index in [1.807, 2.05) is 48.5 Å². The molecule has 36 heavy (non-hydrogen) atoms. The van der Waals surface area contributed by atoms with E-state index in [1.165, 1.54) is 11.1 Å². The Balaban J connectivity index is 1.83. The zero-order valence-electron chi connectivity index (χ0n) is 21.7. The maximum atomic E-state index is 13.7. The Bertz CT molecular complexity index is 1100. The molecule has 4 nitrogen and oxygen atoms in total. The van der Waals surface area contributed by atoms with E-state index >= 15 is 0 Å². The number of nitrogens with one attached hydrogen (secondary N) is 1. The molecular formula is C31H38N2O2S. The monoisotopic (exact) mass is 502 g/mol. The predicted octanol–water partition coefficient (Wildman–Crippen LogP) is 6.09. The molecule has 0 saturated heterocycles. The summed E-state index contributed by atoms with van der Waals surface area (Å²) in [5, 5.41) is 3.09. The second-order valence-electron chi connectivity index (χ2n) is 9.28. The molecule has 1 unspecified atom stereocenters. The molecule has 0 aliphatic rings. The van der Waals surface area contributed by atoms with Gasteiger partial charge in [0.1, 0.15) is 6.04 Å². The van der Waals surface area contributed by atoms with Crippen molar-refractivity contribution < 1.29 is 9.59 Å². The number of rotatable bonds is 13. The first kappa shape index (κ1) is 27.5. The van der Waals surface area contributed by atoms with Crippen molar-refractivity contribution in [1.82, 2.24) is 10.2 Å². The van der Waals surface area contributed by atoms with E-state index in [0.717, 1.165) is 35.3 Å². The van der Waals surface area contributed by atoms with Crippen LogP contribution in [0.5, 0.6) is 0 Å². The number of benzene rings is 3. The molecule has 0 radical (unpaired) electrons. The number of hydrogen-bond donors (Lipinski definition) is 1. The normalized spacial score (nSPS) is 11.6. The van der Waals surface area contributed by atoms with Crippen LogP contribution in [0.15, 0.2) is 78.9 Å². The fourth-order valence-electron chi connectivity index (χ4n) is 4.05. The van der Waals surface area contributed by atoms with Crippen molar-refractivity contribution in [1.29, 1.82) is 0 Å². The van der Waals surface area contributed by atoms with Gasteiger partial charge in [0.05, 0.1) is 5.75 Å². The maximum absolute atomic E-state index is 13.7. The van der Waals surface area contributed by atoms with Gasteiger partial charge in [-0.1, -0.05) is 97.8 Å². The summed E-state index contributed by atoms with van der Waals surface area (Å²) in [7, 11) is 0. The first-order valence-corrected chi connectivity index (χ1v) is 13.9. The lowest BCUT2D eigenvalue weighted by atomic mass is 10.0. The van der Waals surface area contributed by atoms with Gasteiger partial charge in [-0.15, -0.1) is 11.8 Å². The Labute approximate surface area is 220 Å². The quantitative estimate of drug-likeness (QED) is 0.288. The summed E-state index contributed by atoms with van der Waals surface area (Å²) in [6.45, 7) is 7.26. The van der Waals surface area contributed by atoms with Crippen molar-refractivity contribution in [2.75, 3.05) is 12.3 Å². The van der Waals surface area contributed by atoms with E-state index in [2.05, 4.69) is 56.4 Å². The molecule has 0 aliphatic carbocycles. The van der Waals surface area contributed by atoms with Gasteiger partial charge in [-0.3, -0.25) is 9.59 Å². The third-order valence-electron chi connectivity index (χ3n) is 6.32. The topological polar surface area (TPSA) is 49.4 Å². The molecule has 3 aromatic carbocycles. The summed E-state index contributed by atoms with van der Waals surface area (Å²) in [6.07, 6.45) is 2.41. The highest BCUT2D eigenvalue weighted by atomic mass is 32.2. The molecule has 0 spiro atoms. The third-order valence-corrected chi connectivity index (χ3v) is 7.31. The van der Waals surface area contributed by atoms with Crippen LogP contribution in [-0.4, -0.2) is 35.1 Å². The second kappa shape index (κ2) is 14.5. The number of carbonyl (C=O) groups excluding carboxylic acids is 2. The summed E-state index contributed by atoms with van der Waals surface area (Å²) >= 11 is 1.60. The van der Waals surface area contributed by atoms with E-state index in [9.17, 15) is 9.59 Å². The predicted molar refractivity (Wildman–Crippen MR) is 151 cm³/mol. The highest BCUT2D eigenvalue weighted by Gasteiger charge is 2.30. The molecule has 3 rings (SSSR count). The maximum Gasteiger partial charge on any atom is 0.243 e. The minimum absolute atomic E-state index is 0.0121. The van der Waals surface area contributed by atoms with Gasteiger partial charge < -0.3 is 10.2 Å². The second-order valence-corrected chi connectivity index (χ2v) is 10.3. The largest absolute Gasteiger partial charge is 0.354 e. The summed E-state index contributed by atoms with van der Waals surface area (Å²) in [5.74, 6) is 0.989. The summed E-state index contributed by atoms with van der Waals surface area (Å²) in [5.41, 5.74) is 5.65. The van der Waals surface area contributed by atoms with Crippen molar-refractivity contribution in [3.63, 3.8) is 0 Å². The minimum atomic E-state index is -0.573. The Morgan fingerprint density at radius 2 is 1.58 bits per heavy atom. The van der Waals surface area contributed by atoms with E-state index in [-0.39, 0.29) is 11.8 Å². The smallest absolute Gasteiger partial charge is 0.243 e. The number of thioether (sulfide) groups is 1. The molecule has 1 N–H and O–H groups in total. The van der Waals surface area contributed by atoms with Gasteiger partial charge in [0.25, 0.3) is 0 Å². The lowest BCUT2D eigenvalue weighted by Crippen LogP contribution is -2.51. The Hall–Kier alpha value is -3.05. The van der Waals surface area contributed by atoms with Crippen LogP contribution in [0.4, 0.5) is 0 Å². The average Bonchev–Trinajstić information content (AvgIpc) is 2.89. The van der Waals surface area contributed by atoms with Crippen molar-refractivity contribution in [2.45, 2.75) is 58.4 Å². The van der Waals surface area contributed by atoms with E-state index < -0.39 is 6.04 Å². The molecule has 0 heterocycles. The molecule has 0 fully saturated rings. The summed E-state index contributed by atoms with van der Waals surface area (Å²) in [6, 6.07) is 25.9. The summed E-state index contributed by atoms with van der Waals surface area (Å²) in [4.78, 5) is 28.9. The molecule has 0 aromatic heterocycles. The first-order chi connectivity index (χ1) is 17.5. The molecule has 190 valence electrons. The zero-order valence-corrected chi connectivity index (χ0v) is 22.5. The number of carbonyl (C=O) groups is 2. The van der Waals surface area contributed by atoms with Gasteiger partial charge >= 0.3 is 0 Å². The molecule has 1 atom stereocenters. The molecule has 2 amide bonds. The van der Waals surface area contributed by atoms with E-state index in [1.54, 1.807) is 16.7 Å². The fourth-order valence-corrected chi connectivity index (χ4v) is 4.93. The number of hydrogen-bond acceptors (Lipinski definition) is 3. The number of nitrogens with zero attached hydrogens (tertiary/aromatic N) is 1. The zero-order chi connectivity index (χ0) is 25.8. The van der Waals surface area contributed by atoms with Crippen LogP contribution in [0.25, 0.3) is 0 Å². The van der Waals surface area contributed by atoms with Crippen molar-refractivity contribution in [2.24, 2.45) is 0 Å². The highest BCUT2D eigenvalue weighted by Crippen LogP contribution is 2.20.